The smallest absolute Gasteiger partial charge is 0.744 e. The SMILES string of the molecule is NC(=O)c1ccc[n+](-c2nc(Nc3ccc4cc(SOO[O-])c(N=Nc5cc(Nc6nc(Cl)nc(Nc7cccc(S(=O)(=O)[O-])c7)n6)ccc5S(=O)(=O)[O-])c(O)c4c3)nc(N3CCOCC3)n2)c1.[Na+].[Na+].[Na+]. The minimum atomic E-state index is -5.21. The van der Waals surface area contributed by atoms with E-state index in [1.54, 1.807) is 24.4 Å². The largest absolute Gasteiger partial charge is 1.00 e. The molecule has 0 spiro atoms. The van der Waals surface area contributed by atoms with Gasteiger partial charge in [0, 0.05) is 35.5 Å². The van der Waals surface area contributed by atoms with E-state index < -0.39 is 47.4 Å². The first-order valence-corrected chi connectivity index (χ1v) is 23.1. The van der Waals surface area contributed by atoms with Gasteiger partial charge in [-0.25, -0.2) is 21.4 Å². The van der Waals surface area contributed by atoms with Crippen LogP contribution in [0.15, 0.2) is 116 Å². The summed E-state index contributed by atoms with van der Waals surface area (Å²) in [5, 5.41) is 43.0. The number of fused-ring (bicyclic) bond motifs is 1. The fraction of sp³-hybridized carbons (Fsp3) is 0.105. The first-order valence-electron chi connectivity index (χ1n) is 19.1. The second-order valence-electron chi connectivity index (χ2n) is 13.9. The maximum atomic E-state index is 12.4. The summed E-state index contributed by atoms with van der Waals surface area (Å²) in [6.45, 7) is 1.81. The van der Waals surface area contributed by atoms with E-state index in [0.717, 1.165) is 24.3 Å². The number of carbonyl (C=O) groups excluding carboxylic acids is 1. The number of benzene rings is 4. The number of hydrogen-bond acceptors (Lipinski definition) is 25. The summed E-state index contributed by atoms with van der Waals surface area (Å²) in [5.74, 6) is -1.14. The van der Waals surface area contributed by atoms with E-state index in [1.165, 1.54) is 47.2 Å². The Balaban J connectivity index is 0.00000312. The number of aromatic hydroxyl groups is 1. The number of phenols is 1. The van der Waals surface area contributed by atoms with Crippen molar-refractivity contribution >= 4 is 113 Å². The zero-order valence-corrected chi connectivity index (χ0v) is 46.3. The van der Waals surface area contributed by atoms with Crippen LogP contribution < -0.4 is 125 Å². The summed E-state index contributed by atoms with van der Waals surface area (Å²) >= 11 is 6.46. The van der Waals surface area contributed by atoms with Crippen LogP contribution in [0.25, 0.3) is 16.7 Å². The Kier molecular flexibility index (Phi) is 20.3. The normalized spacial score (nSPS) is 12.6. The van der Waals surface area contributed by atoms with Gasteiger partial charge in [0.2, 0.25) is 17.2 Å². The van der Waals surface area contributed by atoms with Crippen LogP contribution in [0.5, 0.6) is 5.75 Å². The molecule has 33 heteroatoms. The second kappa shape index (κ2) is 25.1. The predicted octanol–water partition coefficient (Wildman–Crippen LogP) is -5.52. The molecule has 1 aliphatic heterocycles. The molecule has 0 atom stereocenters. The van der Waals surface area contributed by atoms with Gasteiger partial charge in [0.05, 0.1) is 57.9 Å². The van der Waals surface area contributed by atoms with Crippen LogP contribution in [0, 0.1) is 0 Å². The Morgan fingerprint density at radius 2 is 1.48 bits per heavy atom. The average Bonchev–Trinajstić information content (AvgIpc) is 3.30. The van der Waals surface area contributed by atoms with Gasteiger partial charge in [-0.05, 0) is 93.7 Å². The van der Waals surface area contributed by atoms with Crippen molar-refractivity contribution in [2.24, 2.45) is 16.0 Å². The molecular weight excluding hydrogens is 1050 g/mol. The van der Waals surface area contributed by atoms with Crippen LogP contribution in [-0.4, -0.2) is 93.2 Å². The van der Waals surface area contributed by atoms with Gasteiger partial charge in [0.15, 0.2) is 5.75 Å². The molecule has 6 N–H and O–H groups in total. The third-order valence-corrected chi connectivity index (χ3v) is 11.9. The van der Waals surface area contributed by atoms with E-state index in [4.69, 9.17) is 22.1 Å². The van der Waals surface area contributed by atoms with Crippen molar-refractivity contribution in [1.82, 2.24) is 29.9 Å². The number of ether oxygens (including phenoxy) is 1. The number of nitrogens with zero attached hydrogens (tertiary/aromatic N) is 10. The number of phenolic OH excluding ortho intramolecular Hbond substituents is 1. The zero-order valence-electron chi connectivity index (χ0n) is 37.1. The van der Waals surface area contributed by atoms with Crippen LogP contribution in [0.4, 0.5) is 52.2 Å². The van der Waals surface area contributed by atoms with Crippen LogP contribution in [0.3, 0.4) is 0 Å². The quantitative estimate of drug-likeness (QED) is 0.0115. The van der Waals surface area contributed by atoms with Crippen molar-refractivity contribution < 1.29 is 148 Å². The summed E-state index contributed by atoms with van der Waals surface area (Å²) in [5.41, 5.74) is 5.31. The van der Waals surface area contributed by atoms with Gasteiger partial charge in [0.1, 0.15) is 31.6 Å². The summed E-state index contributed by atoms with van der Waals surface area (Å²) in [6, 6.07) is 17.4. The van der Waals surface area contributed by atoms with E-state index >= 15 is 0 Å². The van der Waals surface area contributed by atoms with Crippen LogP contribution >= 0.6 is 23.6 Å². The fourth-order valence-corrected chi connectivity index (χ4v) is 8.13. The summed E-state index contributed by atoms with van der Waals surface area (Å²) in [7, 11) is -10.00. The molecule has 0 saturated carbocycles. The third kappa shape index (κ3) is 14.7. The molecule has 4 heterocycles. The molecule has 0 radical (unpaired) electrons. The molecule has 26 nitrogen and oxygen atoms in total. The number of carbonyl (C=O) groups is 1. The van der Waals surface area contributed by atoms with Crippen molar-refractivity contribution in [3.05, 3.63) is 102 Å². The predicted molar refractivity (Wildman–Crippen MR) is 234 cm³/mol. The number of nitrogens with two attached hydrogens (primary N) is 1. The van der Waals surface area contributed by atoms with Gasteiger partial charge in [-0.1, -0.05) is 12.1 Å². The number of amides is 1. The fourth-order valence-electron chi connectivity index (χ4n) is 6.37. The van der Waals surface area contributed by atoms with Crippen LogP contribution in [0.1, 0.15) is 10.4 Å². The molecule has 8 rings (SSSR count). The molecule has 1 fully saturated rings. The molecule has 71 heavy (non-hydrogen) atoms. The molecule has 0 bridgehead atoms. The van der Waals surface area contributed by atoms with E-state index in [0.29, 0.717) is 55.4 Å². The van der Waals surface area contributed by atoms with E-state index in [2.05, 4.69) is 65.5 Å². The third-order valence-electron chi connectivity index (χ3n) is 9.41. The van der Waals surface area contributed by atoms with Crippen molar-refractivity contribution in [3.63, 3.8) is 0 Å². The molecule has 350 valence electrons. The van der Waals surface area contributed by atoms with Gasteiger partial charge >= 0.3 is 107 Å². The van der Waals surface area contributed by atoms with Crippen molar-refractivity contribution in [1.29, 1.82) is 0 Å². The number of nitrogens with one attached hydrogen (secondary N) is 3. The van der Waals surface area contributed by atoms with Crippen molar-refractivity contribution in [2.75, 3.05) is 47.2 Å². The number of pyridine rings is 1. The minimum absolute atomic E-state index is 0. The Labute approximate surface area is 477 Å². The first kappa shape index (κ1) is 57.6. The number of rotatable bonds is 16. The number of primary amides is 1. The van der Waals surface area contributed by atoms with E-state index in [9.17, 15) is 41.1 Å². The molecule has 1 amide bonds. The van der Waals surface area contributed by atoms with Gasteiger partial charge in [0.25, 0.3) is 5.91 Å². The molecular formula is C38H29ClN14Na3O12S3+. The van der Waals surface area contributed by atoms with Gasteiger partial charge in [-0.2, -0.15) is 19.3 Å². The van der Waals surface area contributed by atoms with Gasteiger partial charge < -0.3 is 50.8 Å². The van der Waals surface area contributed by atoms with Crippen LogP contribution in [-0.2, 0) is 34.3 Å². The molecule has 4 aromatic carbocycles. The topological polar surface area (TPSA) is 374 Å². The monoisotopic (exact) mass is 1070 g/mol. The Morgan fingerprint density at radius 1 is 0.817 bits per heavy atom. The van der Waals surface area contributed by atoms with Gasteiger partial charge in [-0.15, -0.1) is 15.2 Å². The maximum absolute atomic E-state index is 12.4. The van der Waals surface area contributed by atoms with E-state index in [-0.39, 0.29) is 151 Å². The summed E-state index contributed by atoms with van der Waals surface area (Å²) in [6.07, 6.45) is 3.09. The zero-order chi connectivity index (χ0) is 48.2. The standard InChI is InChI=1S/C38H31ClN14O12S3.3Na/c39-33-44-34(41-22-4-1-5-25(16-22)67(57,58)59)46-35(45-33)43-24-8-9-29(68(60,61)62)27(18-24)50-51-30-28(66-65-64-56)15-20-6-7-23(17-26(20)31(30)54)42-36-47-37(52-11-13-63-14-12-52)49-38(48-36)53-10-2-3-21(19-53)32(40)55;;;/h1-10,15-19H,11-14H2,(H8-,40,41,42,43,44,45,46,47,48,49,50,51,54,55,56,57,58,59,60,61,62);;;/q;3*+1/p-2. The Hall–Kier alpha value is -4.32. The van der Waals surface area contributed by atoms with E-state index in [1.807, 2.05) is 4.90 Å². The molecule has 3 aromatic heterocycles. The molecule has 7 aromatic rings. The average molecular weight is 1070 g/mol. The molecule has 1 aliphatic rings. The van der Waals surface area contributed by atoms with Crippen molar-refractivity contribution in [2.45, 2.75) is 14.7 Å². The minimum Gasteiger partial charge on any atom is -0.744 e. The Bertz CT molecular complexity index is 3370. The summed E-state index contributed by atoms with van der Waals surface area (Å²) < 4.78 is 83.3. The number of aromatic nitrogens is 7. The maximum Gasteiger partial charge on any atom is 1.00 e. The van der Waals surface area contributed by atoms with Crippen molar-refractivity contribution in [3.8, 4) is 11.7 Å². The molecule has 0 aliphatic carbocycles. The Morgan fingerprint density at radius 3 is 2.14 bits per heavy atom. The number of halogens is 1. The number of anilines is 7. The molecule has 0 unspecified atom stereocenters. The van der Waals surface area contributed by atoms with Crippen LogP contribution in [0.2, 0.25) is 5.28 Å². The second-order valence-corrected chi connectivity index (χ2v) is 17.7. The van der Waals surface area contributed by atoms with Gasteiger partial charge in [-0.3, -0.25) is 9.83 Å². The summed E-state index contributed by atoms with van der Waals surface area (Å²) in [4.78, 5) is 38.3. The number of hydrogen-bond donors (Lipinski definition) is 5. The molecule has 1 saturated heterocycles. The first-order chi connectivity index (χ1) is 32.5. The number of morpholine rings is 1. The number of azo groups is 1.